The molecule has 1 aromatic heterocycles. The SMILES string of the molecule is CC(N)c1cnc(Cc2ccc(Br)cc2)[nH]1. The highest BCUT2D eigenvalue weighted by Gasteiger charge is 2.05. The highest BCUT2D eigenvalue weighted by atomic mass is 79.9. The van der Waals surface area contributed by atoms with Gasteiger partial charge in [0.05, 0.1) is 5.69 Å². The van der Waals surface area contributed by atoms with Gasteiger partial charge in [-0.25, -0.2) is 4.98 Å². The number of imidazole rings is 1. The Hall–Kier alpha value is -1.13. The zero-order valence-electron chi connectivity index (χ0n) is 9.07. The summed E-state index contributed by atoms with van der Waals surface area (Å²) in [6, 6.07) is 8.23. The number of benzene rings is 1. The predicted octanol–water partition coefficient (Wildman–Crippen LogP) is 2.78. The maximum Gasteiger partial charge on any atom is 0.110 e. The van der Waals surface area contributed by atoms with E-state index in [0.717, 1.165) is 22.4 Å². The van der Waals surface area contributed by atoms with Gasteiger partial charge in [-0.05, 0) is 24.6 Å². The van der Waals surface area contributed by atoms with Crippen LogP contribution in [0.4, 0.5) is 0 Å². The molecule has 3 N–H and O–H groups in total. The lowest BCUT2D eigenvalue weighted by Crippen LogP contribution is -2.05. The van der Waals surface area contributed by atoms with Crippen molar-refractivity contribution in [1.82, 2.24) is 9.97 Å². The Balaban J connectivity index is 2.11. The summed E-state index contributed by atoms with van der Waals surface area (Å²) in [5.74, 6) is 0.953. The van der Waals surface area contributed by atoms with Crippen molar-refractivity contribution in [2.24, 2.45) is 5.73 Å². The van der Waals surface area contributed by atoms with Crippen LogP contribution in [0, 0.1) is 0 Å². The molecule has 2 aromatic rings. The van der Waals surface area contributed by atoms with Gasteiger partial charge in [0.1, 0.15) is 5.82 Å². The molecule has 4 heteroatoms. The molecule has 3 nitrogen and oxygen atoms in total. The number of aromatic amines is 1. The Kier molecular flexibility index (Phi) is 3.41. The normalized spacial score (nSPS) is 12.7. The van der Waals surface area contributed by atoms with E-state index in [2.05, 4.69) is 38.0 Å². The summed E-state index contributed by atoms with van der Waals surface area (Å²) in [6.45, 7) is 1.94. The molecule has 0 saturated heterocycles. The molecule has 1 heterocycles. The molecule has 0 spiro atoms. The van der Waals surface area contributed by atoms with Crippen LogP contribution in [0.5, 0.6) is 0 Å². The van der Waals surface area contributed by atoms with Gasteiger partial charge in [0, 0.05) is 23.1 Å². The van der Waals surface area contributed by atoms with Gasteiger partial charge < -0.3 is 10.7 Å². The second-order valence-corrected chi connectivity index (χ2v) is 4.79. The van der Waals surface area contributed by atoms with Crippen LogP contribution in [-0.2, 0) is 6.42 Å². The van der Waals surface area contributed by atoms with E-state index < -0.39 is 0 Å². The molecule has 2 rings (SSSR count). The predicted molar refractivity (Wildman–Crippen MR) is 68.1 cm³/mol. The molecule has 0 bridgehead atoms. The molecule has 0 aliphatic rings. The van der Waals surface area contributed by atoms with Crippen molar-refractivity contribution in [3.05, 3.63) is 52.0 Å². The highest BCUT2D eigenvalue weighted by Crippen LogP contribution is 2.14. The van der Waals surface area contributed by atoms with Crippen molar-refractivity contribution in [1.29, 1.82) is 0 Å². The molecule has 1 aromatic carbocycles. The summed E-state index contributed by atoms with van der Waals surface area (Å²) in [4.78, 5) is 7.54. The van der Waals surface area contributed by atoms with Crippen LogP contribution in [0.25, 0.3) is 0 Å². The van der Waals surface area contributed by atoms with E-state index in [1.165, 1.54) is 5.56 Å². The Bertz CT molecular complexity index is 459. The van der Waals surface area contributed by atoms with Gasteiger partial charge >= 0.3 is 0 Å². The number of nitrogens with two attached hydrogens (primary N) is 1. The first-order chi connectivity index (χ1) is 7.65. The van der Waals surface area contributed by atoms with Crippen molar-refractivity contribution in [2.45, 2.75) is 19.4 Å². The van der Waals surface area contributed by atoms with E-state index >= 15 is 0 Å². The third kappa shape index (κ3) is 2.71. The van der Waals surface area contributed by atoms with Crippen LogP contribution in [-0.4, -0.2) is 9.97 Å². The number of rotatable bonds is 3. The van der Waals surface area contributed by atoms with E-state index in [-0.39, 0.29) is 6.04 Å². The molecule has 84 valence electrons. The summed E-state index contributed by atoms with van der Waals surface area (Å²) in [7, 11) is 0. The van der Waals surface area contributed by atoms with Gasteiger partial charge in [0.2, 0.25) is 0 Å². The van der Waals surface area contributed by atoms with E-state index in [1.54, 1.807) is 6.20 Å². The molecule has 0 saturated carbocycles. The number of nitrogens with one attached hydrogen (secondary N) is 1. The lowest BCUT2D eigenvalue weighted by Gasteiger charge is -2.00. The molecular formula is C12H14BrN3. The fourth-order valence-electron chi connectivity index (χ4n) is 1.50. The highest BCUT2D eigenvalue weighted by molar-refractivity contribution is 9.10. The smallest absolute Gasteiger partial charge is 0.110 e. The van der Waals surface area contributed by atoms with Crippen molar-refractivity contribution in [2.75, 3.05) is 0 Å². The van der Waals surface area contributed by atoms with Crippen LogP contribution in [0.15, 0.2) is 34.9 Å². The largest absolute Gasteiger partial charge is 0.344 e. The summed E-state index contributed by atoms with van der Waals surface area (Å²) >= 11 is 3.41. The molecule has 16 heavy (non-hydrogen) atoms. The number of hydrogen-bond donors (Lipinski definition) is 2. The molecule has 0 aliphatic carbocycles. The van der Waals surface area contributed by atoms with E-state index in [4.69, 9.17) is 5.73 Å². The first-order valence-corrected chi connectivity index (χ1v) is 5.98. The van der Waals surface area contributed by atoms with Gasteiger partial charge in [-0.15, -0.1) is 0 Å². The Labute approximate surface area is 103 Å². The van der Waals surface area contributed by atoms with Crippen LogP contribution in [0.3, 0.4) is 0 Å². The van der Waals surface area contributed by atoms with Crippen molar-refractivity contribution in [3.8, 4) is 0 Å². The first-order valence-electron chi connectivity index (χ1n) is 5.19. The van der Waals surface area contributed by atoms with Crippen LogP contribution in [0.1, 0.15) is 30.0 Å². The molecule has 0 radical (unpaired) electrons. The second kappa shape index (κ2) is 4.80. The lowest BCUT2D eigenvalue weighted by molar-refractivity contribution is 0.784. The fourth-order valence-corrected chi connectivity index (χ4v) is 1.76. The van der Waals surface area contributed by atoms with Gasteiger partial charge in [-0.2, -0.15) is 0 Å². The number of aromatic nitrogens is 2. The molecule has 0 fully saturated rings. The Morgan fingerprint density at radius 2 is 2.06 bits per heavy atom. The van der Waals surface area contributed by atoms with Gasteiger partial charge in [0.25, 0.3) is 0 Å². The van der Waals surface area contributed by atoms with Crippen molar-refractivity contribution < 1.29 is 0 Å². The van der Waals surface area contributed by atoms with E-state index in [9.17, 15) is 0 Å². The number of nitrogens with zero attached hydrogens (tertiary/aromatic N) is 1. The zero-order chi connectivity index (χ0) is 11.5. The van der Waals surface area contributed by atoms with Gasteiger partial charge in [-0.1, -0.05) is 28.1 Å². The quantitative estimate of drug-likeness (QED) is 0.908. The Morgan fingerprint density at radius 3 is 2.62 bits per heavy atom. The molecule has 0 aliphatic heterocycles. The average molecular weight is 280 g/mol. The van der Waals surface area contributed by atoms with Crippen molar-refractivity contribution >= 4 is 15.9 Å². The zero-order valence-corrected chi connectivity index (χ0v) is 10.7. The Morgan fingerprint density at radius 1 is 1.38 bits per heavy atom. The number of H-pyrrole nitrogens is 1. The number of hydrogen-bond acceptors (Lipinski definition) is 2. The minimum absolute atomic E-state index is 0.00571. The molecule has 1 unspecified atom stereocenters. The van der Waals surface area contributed by atoms with Crippen LogP contribution in [0.2, 0.25) is 0 Å². The number of halogens is 1. The third-order valence-electron chi connectivity index (χ3n) is 2.42. The lowest BCUT2D eigenvalue weighted by atomic mass is 10.1. The topological polar surface area (TPSA) is 54.7 Å². The summed E-state index contributed by atoms with van der Waals surface area (Å²) in [5.41, 5.74) is 7.97. The molecule has 0 amide bonds. The summed E-state index contributed by atoms with van der Waals surface area (Å²) in [5, 5.41) is 0. The maximum atomic E-state index is 5.76. The first kappa shape index (κ1) is 11.4. The fraction of sp³-hybridized carbons (Fsp3) is 0.250. The van der Waals surface area contributed by atoms with Crippen LogP contribution < -0.4 is 5.73 Å². The summed E-state index contributed by atoms with van der Waals surface area (Å²) < 4.78 is 1.09. The third-order valence-corrected chi connectivity index (χ3v) is 2.95. The minimum Gasteiger partial charge on any atom is -0.344 e. The maximum absolute atomic E-state index is 5.76. The van der Waals surface area contributed by atoms with E-state index in [0.29, 0.717) is 0 Å². The van der Waals surface area contributed by atoms with Crippen molar-refractivity contribution in [3.63, 3.8) is 0 Å². The van der Waals surface area contributed by atoms with E-state index in [1.807, 2.05) is 19.1 Å². The van der Waals surface area contributed by atoms with Crippen LogP contribution >= 0.6 is 15.9 Å². The monoisotopic (exact) mass is 279 g/mol. The molecule has 1 atom stereocenters. The van der Waals surface area contributed by atoms with Gasteiger partial charge in [-0.3, -0.25) is 0 Å². The molecular weight excluding hydrogens is 266 g/mol. The minimum atomic E-state index is 0.00571. The average Bonchev–Trinajstić information content (AvgIpc) is 2.70. The summed E-state index contributed by atoms with van der Waals surface area (Å²) in [6.07, 6.45) is 2.61. The standard InChI is InChI=1S/C12H14BrN3/c1-8(14)11-7-15-12(16-11)6-9-2-4-10(13)5-3-9/h2-5,7-8H,6,14H2,1H3,(H,15,16). The van der Waals surface area contributed by atoms with Gasteiger partial charge in [0.15, 0.2) is 0 Å². The second-order valence-electron chi connectivity index (χ2n) is 3.88.